The molecule has 0 unspecified atom stereocenters. The highest BCUT2D eigenvalue weighted by Crippen LogP contribution is 2.24. The van der Waals surface area contributed by atoms with Gasteiger partial charge in [-0.2, -0.15) is 17.0 Å². The van der Waals surface area contributed by atoms with Crippen LogP contribution >= 0.6 is 23.2 Å². The number of likely N-dealkylation sites (N-methyl/N-ethyl adjacent to an activating group) is 1. The monoisotopic (exact) mass is 533 g/mol. The maximum absolute atomic E-state index is 12.9. The molecule has 2 heterocycles. The van der Waals surface area contributed by atoms with Gasteiger partial charge < -0.3 is 14.9 Å². The molecule has 1 fully saturated rings. The Morgan fingerprint density at radius 3 is 2.29 bits per heavy atom. The minimum Gasteiger partial charge on any atom is -0.503 e. The maximum Gasteiger partial charge on any atom is 0.289 e. The molecule has 1 aromatic rings. The van der Waals surface area contributed by atoms with Crippen LogP contribution in [0.25, 0.3) is 0 Å². The molecule has 0 saturated carbocycles. The summed E-state index contributed by atoms with van der Waals surface area (Å²) in [5, 5.41) is 11.1. The van der Waals surface area contributed by atoms with Crippen molar-refractivity contribution in [1.29, 1.82) is 0 Å². The van der Waals surface area contributed by atoms with Crippen LogP contribution in [0.3, 0.4) is 0 Å². The van der Waals surface area contributed by atoms with Gasteiger partial charge in [-0.25, -0.2) is 0 Å². The third-order valence-corrected chi connectivity index (χ3v) is 8.62. The van der Waals surface area contributed by atoms with Crippen molar-refractivity contribution < 1.29 is 23.1 Å². The largest absolute Gasteiger partial charge is 0.503 e. The normalized spacial score (nSPS) is 18.3. The second-order valence-corrected chi connectivity index (χ2v) is 11.5. The third-order valence-electron chi connectivity index (χ3n) is 5.94. The lowest BCUT2D eigenvalue weighted by Crippen LogP contribution is -2.52. The van der Waals surface area contributed by atoms with E-state index in [0.29, 0.717) is 49.3 Å². The van der Waals surface area contributed by atoms with Gasteiger partial charge in [0.15, 0.2) is 5.76 Å². The lowest BCUT2D eigenvalue weighted by Gasteiger charge is -2.35. The summed E-state index contributed by atoms with van der Waals surface area (Å²) in [5.41, 5.74) is 0.816. The van der Waals surface area contributed by atoms with Gasteiger partial charge in [-0.1, -0.05) is 29.3 Å². The van der Waals surface area contributed by atoms with Gasteiger partial charge in [0.1, 0.15) is 0 Å². The first-order valence-corrected chi connectivity index (χ1v) is 12.9. The van der Waals surface area contributed by atoms with Gasteiger partial charge in [0.2, 0.25) is 0 Å². The summed E-state index contributed by atoms with van der Waals surface area (Å²) in [6.07, 6.45) is 0. The second-order valence-electron chi connectivity index (χ2n) is 8.49. The molecule has 2 aliphatic rings. The Balaban J connectivity index is 1.52. The number of halogens is 2. The molecule has 0 atom stereocenters. The SMILES string of the molecule is CN(Cc1ccc(Cl)c(Cl)c1)C(=O)C1=C(O)C(=O)N(CCN2CCN(S(=O)(=O)N(C)C)CC2)C1. The highest BCUT2D eigenvalue weighted by molar-refractivity contribution is 7.86. The molecule has 10 nitrogen and oxygen atoms in total. The van der Waals surface area contributed by atoms with Crippen LogP contribution in [0, 0.1) is 0 Å². The van der Waals surface area contributed by atoms with Crippen LogP contribution in [0.1, 0.15) is 5.56 Å². The molecule has 13 heteroatoms. The standard InChI is InChI=1S/C21H29Cl2N5O5S/c1-24(2)34(32,33)28-10-7-26(8-11-28)6-9-27-14-16(19(29)21(27)31)20(30)25(3)13-15-4-5-17(22)18(23)12-15/h4-5,12,29H,6-11,13-14H2,1-3H3. The minimum atomic E-state index is -3.44. The number of nitrogens with zero attached hydrogens (tertiary/aromatic N) is 5. The van der Waals surface area contributed by atoms with Crippen molar-refractivity contribution in [3.63, 3.8) is 0 Å². The molecule has 2 aliphatic heterocycles. The van der Waals surface area contributed by atoms with Crippen LogP contribution in [0.4, 0.5) is 0 Å². The summed E-state index contributed by atoms with van der Waals surface area (Å²) in [6.45, 7) is 2.87. The second kappa shape index (κ2) is 10.8. The summed E-state index contributed by atoms with van der Waals surface area (Å²) >= 11 is 12.0. The number of aliphatic hydroxyl groups is 1. The molecular weight excluding hydrogens is 505 g/mol. The number of carbonyl (C=O) groups excluding carboxylic acids is 2. The number of hydrogen-bond donors (Lipinski definition) is 1. The molecule has 0 aliphatic carbocycles. The molecule has 0 aromatic heterocycles. The van der Waals surface area contributed by atoms with Gasteiger partial charge in [-0.3, -0.25) is 14.5 Å². The van der Waals surface area contributed by atoms with Gasteiger partial charge in [0.25, 0.3) is 22.0 Å². The number of piperazine rings is 1. The van der Waals surface area contributed by atoms with Gasteiger partial charge in [-0.05, 0) is 17.7 Å². The van der Waals surface area contributed by atoms with Crippen molar-refractivity contribution in [3.05, 3.63) is 45.1 Å². The zero-order chi connectivity index (χ0) is 25.2. The molecule has 0 spiro atoms. The Kier molecular flexibility index (Phi) is 8.48. The Labute approximate surface area is 210 Å². The Bertz CT molecular complexity index is 1090. The first-order valence-electron chi connectivity index (χ1n) is 10.7. The van der Waals surface area contributed by atoms with Crippen LogP contribution in [0.15, 0.2) is 29.5 Å². The summed E-state index contributed by atoms with van der Waals surface area (Å²) in [6, 6.07) is 5.06. The fourth-order valence-corrected chi connectivity index (χ4v) is 5.26. The van der Waals surface area contributed by atoms with E-state index in [9.17, 15) is 23.1 Å². The van der Waals surface area contributed by atoms with Crippen molar-refractivity contribution in [3.8, 4) is 0 Å². The van der Waals surface area contributed by atoms with Crippen molar-refractivity contribution in [2.45, 2.75) is 6.54 Å². The van der Waals surface area contributed by atoms with E-state index in [1.165, 1.54) is 32.5 Å². The highest BCUT2D eigenvalue weighted by Gasteiger charge is 2.36. The molecule has 2 amide bonds. The predicted molar refractivity (Wildman–Crippen MR) is 130 cm³/mol. The predicted octanol–water partition coefficient (Wildman–Crippen LogP) is 1.03. The van der Waals surface area contributed by atoms with E-state index in [-0.39, 0.29) is 18.7 Å². The number of aliphatic hydroxyl groups excluding tert-OH is 1. The molecule has 34 heavy (non-hydrogen) atoms. The summed E-state index contributed by atoms with van der Waals surface area (Å²) in [5.74, 6) is -1.56. The highest BCUT2D eigenvalue weighted by atomic mass is 35.5. The fourth-order valence-electron chi connectivity index (χ4n) is 3.86. The fraction of sp³-hybridized carbons (Fsp3) is 0.524. The van der Waals surface area contributed by atoms with E-state index >= 15 is 0 Å². The van der Waals surface area contributed by atoms with Gasteiger partial charge in [0.05, 0.1) is 22.2 Å². The Hall–Kier alpha value is -1.89. The lowest BCUT2D eigenvalue weighted by atomic mass is 10.2. The Morgan fingerprint density at radius 1 is 1.06 bits per heavy atom. The summed E-state index contributed by atoms with van der Waals surface area (Å²) in [7, 11) is 1.14. The average molecular weight is 534 g/mol. The van der Waals surface area contributed by atoms with E-state index in [1.807, 2.05) is 0 Å². The number of carbonyl (C=O) groups is 2. The van der Waals surface area contributed by atoms with E-state index in [1.54, 1.807) is 25.2 Å². The summed E-state index contributed by atoms with van der Waals surface area (Å²) in [4.78, 5) is 30.3. The maximum atomic E-state index is 12.9. The molecule has 0 radical (unpaired) electrons. The van der Waals surface area contributed by atoms with Crippen molar-refractivity contribution in [2.75, 3.05) is 67.0 Å². The zero-order valence-corrected chi connectivity index (χ0v) is 21.7. The van der Waals surface area contributed by atoms with Crippen LogP contribution < -0.4 is 0 Å². The molecule has 1 saturated heterocycles. The molecular formula is C21H29Cl2N5O5S. The van der Waals surface area contributed by atoms with Crippen molar-refractivity contribution in [1.82, 2.24) is 23.3 Å². The zero-order valence-electron chi connectivity index (χ0n) is 19.4. The molecule has 3 rings (SSSR count). The number of hydrogen-bond acceptors (Lipinski definition) is 6. The Morgan fingerprint density at radius 2 is 1.71 bits per heavy atom. The van der Waals surface area contributed by atoms with E-state index < -0.39 is 27.8 Å². The molecule has 0 bridgehead atoms. The molecule has 188 valence electrons. The molecule has 1 N–H and O–H groups in total. The summed E-state index contributed by atoms with van der Waals surface area (Å²) < 4.78 is 27.1. The topological polar surface area (TPSA) is 105 Å². The lowest BCUT2D eigenvalue weighted by molar-refractivity contribution is -0.128. The first kappa shape index (κ1) is 26.7. The first-order chi connectivity index (χ1) is 15.9. The van der Waals surface area contributed by atoms with Gasteiger partial charge >= 0.3 is 0 Å². The van der Waals surface area contributed by atoms with Crippen LogP contribution in [0.2, 0.25) is 10.0 Å². The van der Waals surface area contributed by atoms with Crippen LogP contribution in [-0.2, 0) is 26.3 Å². The quantitative estimate of drug-likeness (QED) is 0.535. The van der Waals surface area contributed by atoms with Crippen LogP contribution in [0.5, 0.6) is 0 Å². The third kappa shape index (κ3) is 5.84. The van der Waals surface area contributed by atoms with Crippen molar-refractivity contribution in [2.24, 2.45) is 0 Å². The molecule has 1 aromatic carbocycles. The smallest absolute Gasteiger partial charge is 0.289 e. The van der Waals surface area contributed by atoms with E-state index in [4.69, 9.17) is 23.2 Å². The van der Waals surface area contributed by atoms with Crippen LogP contribution in [-0.4, -0.2) is 116 Å². The number of rotatable bonds is 8. The van der Waals surface area contributed by atoms with Crippen molar-refractivity contribution >= 4 is 45.2 Å². The number of amides is 2. The van der Waals surface area contributed by atoms with E-state index in [0.717, 1.165) is 5.56 Å². The number of benzene rings is 1. The van der Waals surface area contributed by atoms with Gasteiger partial charge in [0, 0.05) is 67.0 Å². The van der Waals surface area contributed by atoms with E-state index in [2.05, 4.69) is 4.90 Å². The van der Waals surface area contributed by atoms with Gasteiger partial charge in [-0.15, -0.1) is 0 Å². The average Bonchev–Trinajstić information content (AvgIpc) is 3.08. The minimum absolute atomic E-state index is 0.0180.